The molecule has 204 valence electrons. The maximum absolute atomic E-state index is 14.0. The van der Waals surface area contributed by atoms with Gasteiger partial charge in [0.2, 0.25) is 0 Å². The molecule has 1 aliphatic rings. The first-order valence-electron chi connectivity index (χ1n) is 12.7. The van der Waals surface area contributed by atoms with Gasteiger partial charge < -0.3 is 9.47 Å². The molecule has 1 aromatic heterocycles. The summed E-state index contributed by atoms with van der Waals surface area (Å²) in [5.41, 5.74) is 4.10. The van der Waals surface area contributed by atoms with E-state index in [1.165, 1.54) is 11.3 Å². The molecule has 0 radical (unpaired) electrons. The fraction of sp³-hybridized carbons (Fsp3) is 0.194. The summed E-state index contributed by atoms with van der Waals surface area (Å²) in [6.45, 7) is 6.03. The quantitative estimate of drug-likeness (QED) is 0.230. The normalized spacial score (nSPS) is 15.0. The van der Waals surface area contributed by atoms with Gasteiger partial charge in [-0.1, -0.05) is 86.9 Å². The van der Waals surface area contributed by atoms with Crippen LogP contribution in [0.4, 0.5) is 0 Å². The summed E-state index contributed by atoms with van der Waals surface area (Å²) in [5, 5.41) is 0.623. The number of halogens is 2. The standard InChI is InChI=1S/C31H26BrClN2O4S/c1-4-38-30(37)27-19(3)34-31-35(28(27)20-11-9-18(2)10-12-20)29(36)26(40-31)16-22-15-23(32)13-14-25(22)39-17-21-7-5-6-8-24(21)33/h5-16,28H,4,17H2,1-3H3/b26-16+/t28-/m0/s1. The Morgan fingerprint density at radius 3 is 2.60 bits per heavy atom. The molecule has 0 N–H and O–H groups in total. The van der Waals surface area contributed by atoms with E-state index in [4.69, 9.17) is 21.1 Å². The van der Waals surface area contributed by atoms with Crippen LogP contribution in [0, 0.1) is 6.92 Å². The number of thiazole rings is 1. The highest BCUT2D eigenvalue weighted by Gasteiger charge is 2.33. The number of carbonyl (C=O) groups excluding carboxylic acids is 1. The van der Waals surface area contributed by atoms with Gasteiger partial charge in [-0.3, -0.25) is 9.36 Å². The van der Waals surface area contributed by atoms with E-state index < -0.39 is 12.0 Å². The number of benzene rings is 3. The van der Waals surface area contributed by atoms with Gasteiger partial charge in [-0.15, -0.1) is 0 Å². The van der Waals surface area contributed by atoms with Gasteiger partial charge in [0.25, 0.3) is 5.56 Å². The van der Waals surface area contributed by atoms with Crippen LogP contribution in [-0.4, -0.2) is 17.1 Å². The van der Waals surface area contributed by atoms with Crippen molar-refractivity contribution >= 4 is 50.9 Å². The van der Waals surface area contributed by atoms with Crippen molar-refractivity contribution in [3.8, 4) is 5.75 Å². The van der Waals surface area contributed by atoms with E-state index >= 15 is 0 Å². The summed E-state index contributed by atoms with van der Waals surface area (Å²) in [4.78, 5) is 32.2. The van der Waals surface area contributed by atoms with Crippen molar-refractivity contribution in [1.29, 1.82) is 0 Å². The average Bonchev–Trinajstić information content (AvgIpc) is 3.23. The van der Waals surface area contributed by atoms with E-state index in [0.29, 0.717) is 31.4 Å². The van der Waals surface area contributed by atoms with Crippen molar-refractivity contribution in [2.24, 2.45) is 4.99 Å². The van der Waals surface area contributed by atoms with Crippen LogP contribution < -0.4 is 19.6 Å². The van der Waals surface area contributed by atoms with E-state index in [-0.39, 0.29) is 18.8 Å². The number of aryl methyl sites for hydroxylation is 1. The van der Waals surface area contributed by atoms with Crippen molar-refractivity contribution in [1.82, 2.24) is 4.57 Å². The van der Waals surface area contributed by atoms with Gasteiger partial charge in [-0.2, -0.15) is 0 Å². The Morgan fingerprint density at radius 2 is 1.88 bits per heavy atom. The van der Waals surface area contributed by atoms with Gasteiger partial charge in [0.15, 0.2) is 4.80 Å². The smallest absolute Gasteiger partial charge is 0.338 e. The van der Waals surface area contributed by atoms with Crippen molar-refractivity contribution in [3.63, 3.8) is 0 Å². The predicted molar refractivity (Wildman–Crippen MR) is 162 cm³/mol. The summed E-state index contributed by atoms with van der Waals surface area (Å²) in [6.07, 6.45) is 1.80. The van der Waals surface area contributed by atoms with E-state index in [1.54, 1.807) is 24.5 Å². The molecule has 1 aliphatic heterocycles. The van der Waals surface area contributed by atoms with Gasteiger partial charge in [-0.25, -0.2) is 9.79 Å². The Morgan fingerprint density at radius 1 is 1.12 bits per heavy atom. The molecule has 0 fully saturated rings. The number of fused-ring (bicyclic) bond motifs is 1. The minimum Gasteiger partial charge on any atom is -0.488 e. The van der Waals surface area contributed by atoms with Crippen LogP contribution >= 0.6 is 38.9 Å². The van der Waals surface area contributed by atoms with Crippen LogP contribution in [0.2, 0.25) is 5.02 Å². The van der Waals surface area contributed by atoms with Crippen molar-refractivity contribution in [3.05, 3.63) is 129 Å². The zero-order valence-electron chi connectivity index (χ0n) is 22.1. The lowest BCUT2D eigenvalue weighted by molar-refractivity contribution is -0.139. The summed E-state index contributed by atoms with van der Waals surface area (Å²) < 4.78 is 14.4. The van der Waals surface area contributed by atoms with Crippen LogP contribution in [0.15, 0.2) is 92.3 Å². The van der Waals surface area contributed by atoms with Gasteiger partial charge in [-0.05, 0) is 56.7 Å². The van der Waals surface area contributed by atoms with Crippen LogP contribution in [0.25, 0.3) is 6.08 Å². The Hall–Kier alpha value is -3.46. The van der Waals surface area contributed by atoms with Crippen LogP contribution in [0.5, 0.6) is 5.75 Å². The topological polar surface area (TPSA) is 69.9 Å². The molecule has 9 heteroatoms. The molecular weight excluding hydrogens is 612 g/mol. The molecule has 3 aromatic carbocycles. The third-order valence-electron chi connectivity index (χ3n) is 6.51. The molecule has 0 bridgehead atoms. The molecule has 0 saturated carbocycles. The fourth-order valence-corrected chi connectivity index (χ4v) is 6.14. The van der Waals surface area contributed by atoms with Gasteiger partial charge in [0.1, 0.15) is 12.4 Å². The number of esters is 1. The minimum atomic E-state index is -0.656. The highest BCUT2D eigenvalue weighted by molar-refractivity contribution is 9.10. The largest absolute Gasteiger partial charge is 0.488 e. The molecule has 0 saturated heterocycles. The third kappa shape index (κ3) is 5.70. The molecule has 0 aliphatic carbocycles. The lowest BCUT2D eigenvalue weighted by Gasteiger charge is -2.24. The number of hydrogen-bond donors (Lipinski definition) is 0. The molecule has 0 unspecified atom stereocenters. The molecule has 6 nitrogen and oxygen atoms in total. The monoisotopic (exact) mass is 636 g/mol. The van der Waals surface area contributed by atoms with Gasteiger partial charge >= 0.3 is 5.97 Å². The predicted octanol–water partition coefficient (Wildman–Crippen LogP) is 6.10. The fourth-order valence-electron chi connectivity index (χ4n) is 4.53. The Kier molecular flexibility index (Phi) is 8.40. The molecule has 5 rings (SSSR count). The van der Waals surface area contributed by atoms with Gasteiger partial charge in [0, 0.05) is 20.6 Å². The summed E-state index contributed by atoms with van der Waals surface area (Å²) in [7, 11) is 0. The Balaban J connectivity index is 1.62. The number of rotatable bonds is 7. The van der Waals surface area contributed by atoms with E-state index in [9.17, 15) is 9.59 Å². The summed E-state index contributed by atoms with van der Waals surface area (Å²) in [5.74, 6) is 0.123. The Bertz CT molecular complexity index is 1810. The number of aromatic nitrogens is 1. The average molecular weight is 638 g/mol. The van der Waals surface area contributed by atoms with E-state index in [1.807, 2.05) is 73.7 Å². The zero-order valence-corrected chi connectivity index (χ0v) is 25.3. The molecule has 4 aromatic rings. The molecule has 0 amide bonds. The minimum absolute atomic E-state index is 0.223. The lowest BCUT2D eigenvalue weighted by atomic mass is 9.95. The second-order valence-electron chi connectivity index (χ2n) is 9.28. The number of hydrogen-bond acceptors (Lipinski definition) is 6. The highest BCUT2D eigenvalue weighted by Crippen LogP contribution is 2.31. The maximum atomic E-state index is 14.0. The summed E-state index contributed by atoms with van der Waals surface area (Å²) in [6, 6.07) is 20.3. The van der Waals surface area contributed by atoms with Crippen molar-refractivity contribution < 1.29 is 14.3 Å². The highest BCUT2D eigenvalue weighted by atomic mass is 79.9. The first kappa shape index (κ1) is 28.1. The molecule has 0 spiro atoms. The number of carbonyl (C=O) groups is 1. The van der Waals surface area contributed by atoms with E-state index in [2.05, 4.69) is 20.9 Å². The first-order chi connectivity index (χ1) is 19.3. The Labute approximate surface area is 249 Å². The number of ether oxygens (including phenoxy) is 2. The summed E-state index contributed by atoms with van der Waals surface area (Å²) >= 11 is 11.1. The zero-order chi connectivity index (χ0) is 28.4. The first-order valence-corrected chi connectivity index (χ1v) is 14.7. The van der Waals surface area contributed by atoms with Crippen molar-refractivity contribution in [2.45, 2.75) is 33.4 Å². The lowest BCUT2D eigenvalue weighted by Crippen LogP contribution is -2.39. The second-order valence-corrected chi connectivity index (χ2v) is 11.6. The van der Waals surface area contributed by atoms with Crippen molar-refractivity contribution in [2.75, 3.05) is 6.61 Å². The molecule has 2 heterocycles. The SMILES string of the molecule is CCOC(=O)C1=C(C)N=c2s/c(=C/c3cc(Br)ccc3OCc3ccccc3Cl)c(=O)n2[C@H]1c1ccc(C)cc1. The van der Waals surface area contributed by atoms with Crippen LogP contribution in [0.3, 0.4) is 0 Å². The number of allylic oxidation sites excluding steroid dienone is 1. The third-order valence-corrected chi connectivity index (χ3v) is 8.35. The van der Waals surface area contributed by atoms with E-state index in [0.717, 1.165) is 26.7 Å². The molecule has 1 atom stereocenters. The molecule has 40 heavy (non-hydrogen) atoms. The number of nitrogens with zero attached hydrogens (tertiary/aromatic N) is 2. The maximum Gasteiger partial charge on any atom is 0.338 e. The second kappa shape index (κ2) is 12.0. The van der Waals surface area contributed by atoms with Crippen LogP contribution in [0.1, 0.15) is 42.1 Å². The molecular formula is C31H26BrClN2O4S. The van der Waals surface area contributed by atoms with Gasteiger partial charge in [0.05, 0.1) is 28.5 Å². The van der Waals surface area contributed by atoms with Crippen LogP contribution in [-0.2, 0) is 16.1 Å².